The lowest BCUT2D eigenvalue weighted by Crippen LogP contribution is -2.12. The summed E-state index contributed by atoms with van der Waals surface area (Å²) in [5.74, 6) is -1.16. The standard InChI is InChI=1S/C7H8N2O4/c1-3-5(6(10)11)4(2)9(8-3)7(12)13/h1-2H3,(H,10,11)(H,12,13). The molecule has 0 aromatic carbocycles. The summed E-state index contributed by atoms with van der Waals surface area (Å²) in [4.78, 5) is 21.1. The predicted octanol–water partition coefficient (Wildman–Crippen LogP) is 0.724. The molecule has 0 fully saturated rings. The first-order valence-electron chi connectivity index (χ1n) is 3.48. The van der Waals surface area contributed by atoms with Crippen LogP contribution >= 0.6 is 0 Å². The highest BCUT2D eigenvalue weighted by Gasteiger charge is 2.20. The SMILES string of the molecule is Cc1nn(C(=O)O)c(C)c1C(=O)O. The second kappa shape index (κ2) is 2.89. The first-order valence-corrected chi connectivity index (χ1v) is 3.48. The van der Waals surface area contributed by atoms with E-state index in [0.717, 1.165) is 0 Å². The molecule has 13 heavy (non-hydrogen) atoms. The first-order chi connectivity index (χ1) is 5.95. The van der Waals surface area contributed by atoms with Crippen molar-refractivity contribution in [1.82, 2.24) is 9.78 Å². The van der Waals surface area contributed by atoms with Crippen LogP contribution in [-0.2, 0) is 0 Å². The molecule has 6 nitrogen and oxygen atoms in total. The maximum atomic E-state index is 10.6. The summed E-state index contributed by atoms with van der Waals surface area (Å²) >= 11 is 0. The van der Waals surface area contributed by atoms with Crippen LogP contribution in [0.5, 0.6) is 0 Å². The fraction of sp³-hybridized carbons (Fsp3) is 0.286. The third kappa shape index (κ3) is 1.37. The summed E-state index contributed by atoms with van der Waals surface area (Å²) in [6.07, 6.45) is -1.28. The molecule has 1 heterocycles. The van der Waals surface area contributed by atoms with E-state index in [9.17, 15) is 9.59 Å². The number of aromatic nitrogens is 2. The maximum absolute atomic E-state index is 10.6. The molecule has 0 aliphatic rings. The second-order valence-corrected chi connectivity index (χ2v) is 2.55. The lowest BCUT2D eigenvalue weighted by Gasteiger charge is -1.95. The second-order valence-electron chi connectivity index (χ2n) is 2.55. The van der Waals surface area contributed by atoms with Gasteiger partial charge in [-0.2, -0.15) is 9.78 Å². The zero-order chi connectivity index (χ0) is 10.2. The van der Waals surface area contributed by atoms with E-state index in [0.29, 0.717) is 4.68 Å². The fourth-order valence-corrected chi connectivity index (χ4v) is 1.14. The molecule has 1 aromatic rings. The zero-order valence-corrected chi connectivity index (χ0v) is 7.11. The van der Waals surface area contributed by atoms with E-state index in [1.54, 1.807) is 0 Å². The van der Waals surface area contributed by atoms with Crippen LogP contribution in [0.15, 0.2) is 0 Å². The summed E-state index contributed by atoms with van der Waals surface area (Å²) in [6, 6.07) is 0. The van der Waals surface area contributed by atoms with E-state index < -0.39 is 12.1 Å². The van der Waals surface area contributed by atoms with Gasteiger partial charge in [-0.3, -0.25) is 0 Å². The molecule has 1 aromatic heterocycles. The molecule has 6 heteroatoms. The zero-order valence-electron chi connectivity index (χ0n) is 7.11. The van der Waals surface area contributed by atoms with Crippen LogP contribution in [-0.4, -0.2) is 32.1 Å². The lowest BCUT2D eigenvalue weighted by molar-refractivity contribution is 0.0695. The minimum Gasteiger partial charge on any atom is -0.478 e. The number of carboxylic acid groups (broad SMARTS) is 2. The molecule has 1 rings (SSSR count). The molecule has 0 aliphatic heterocycles. The highest BCUT2D eigenvalue weighted by Crippen LogP contribution is 2.12. The van der Waals surface area contributed by atoms with Gasteiger partial charge in [-0.15, -0.1) is 0 Å². The Kier molecular flexibility index (Phi) is 2.05. The molecule has 0 amide bonds. The lowest BCUT2D eigenvalue weighted by atomic mass is 10.2. The van der Waals surface area contributed by atoms with Crippen LogP contribution in [0.2, 0.25) is 0 Å². The first kappa shape index (κ1) is 9.24. The summed E-state index contributed by atoms with van der Waals surface area (Å²) in [5.41, 5.74) is 0.271. The molecular weight excluding hydrogens is 176 g/mol. The van der Waals surface area contributed by atoms with Crippen LogP contribution < -0.4 is 0 Å². The normalized spacial score (nSPS) is 10.0. The number of carboxylic acids is 1. The minimum absolute atomic E-state index is 0.0533. The van der Waals surface area contributed by atoms with E-state index in [1.165, 1.54) is 13.8 Å². The van der Waals surface area contributed by atoms with Crippen LogP contribution in [0, 0.1) is 13.8 Å². The molecule has 0 atom stereocenters. The monoisotopic (exact) mass is 184 g/mol. The average molecular weight is 184 g/mol. The molecule has 0 saturated heterocycles. The molecule has 0 aliphatic carbocycles. The number of carbonyl (C=O) groups is 2. The summed E-state index contributed by atoms with van der Waals surface area (Å²) in [5, 5.41) is 20.9. The van der Waals surface area contributed by atoms with E-state index in [-0.39, 0.29) is 17.0 Å². The molecule has 0 unspecified atom stereocenters. The van der Waals surface area contributed by atoms with Gasteiger partial charge in [0.25, 0.3) is 0 Å². The molecule has 70 valence electrons. The van der Waals surface area contributed by atoms with Crippen molar-refractivity contribution < 1.29 is 19.8 Å². The number of rotatable bonds is 1. The largest absolute Gasteiger partial charge is 0.478 e. The fourth-order valence-electron chi connectivity index (χ4n) is 1.14. The van der Waals surface area contributed by atoms with Crippen molar-refractivity contribution >= 4 is 12.1 Å². The predicted molar refractivity (Wildman–Crippen MR) is 42.1 cm³/mol. The minimum atomic E-state index is -1.28. The Balaban J connectivity index is 3.39. The van der Waals surface area contributed by atoms with Gasteiger partial charge in [-0.25, -0.2) is 9.59 Å². The van der Waals surface area contributed by atoms with Crippen molar-refractivity contribution in [2.45, 2.75) is 13.8 Å². The summed E-state index contributed by atoms with van der Waals surface area (Å²) in [6.45, 7) is 2.85. The van der Waals surface area contributed by atoms with Crippen molar-refractivity contribution in [1.29, 1.82) is 0 Å². The van der Waals surface area contributed by atoms with Crippen LogP contribution in [0.1, 0.15) is 21.7 Å². The number of nitrogens with zero attached hydrogens (tertiary/aromatic N) is 2. The van der Waals surface area contributed by atoms with Crippen molar-refractivity contribution in [3.05, 3.63) is 17.0 Å². The smallest absolute Gasteiger partial charge is 0.432 e. The van der Waals surface area contributed by atoms with Gasteiger partial charge in [0.05, 0.1) is 11.4 Å². The third-order valence-corrected chi connectivity index (χ3v) is 1.69. The van der Waals surface area contributed by atoms with E-state index in [1.807, 2.05) is 0 Å². The number of hydrogen-bond donors (Lipinski definition) is 2. The topological polar surface area (TPSA) is 92.4 Å². The Morgan fingerprint density at radius 2 is 1.85 bits per heavy atom. The number of aryl methyl sites for hydroxylation is 1. The molecule has 0 saturated carbocycles. The quantitative estimate of drug-likeness (QED) is 0.670. The molecule has 0 spiro atoms. The van der Waals surface area contributed by atoms with Crippen molar-refractivity contribution in [2.24, 2.45) is 0 Å². The van der Waals surface area contributed by atoms with E-state index in [2.05, 4.69) is 5.10 Å². The van der Waals surface area contributed by atoms with Gasteiger partial charge in [-0.1, -0.05) is 0 Å². The highest BCUT2D eigenvalue weighted by molar-refractivity contribution is 5.91. The van der Waals surface area contributed by atoms with Gasteiger partial charge in [0.1, 0.15) is 5.56 Å². The van der Waals surface area contributed by atoms with E-state index in [4.69, 9.17) is 10.2 Å². The molecule has 0 radical (unpaired) electrons. The van der Waals surface area contributed by atoms with E-state index >= 15 is 0 Å². The Labute approximate surface area is 73.4 Å². The Hall–Kier alpha value is -1.85. The molecule has 0 bridgehead atoms. The van der Waals surface area contributed by atoms with Gasteiger partial charge in [-0.05, 0) is 13.8 Å². The van der Waals surface area contributed by atoms with Crippen molar-refractivity contribution in [3.63, 3.8) is 0 Å². The Morgan fingerprint density at radius 3 is 2.08 bits per heavy atom. The Morgan fingerprint density at radius 1 is 1.31 bits per heavy atom. The van der Waals surface area contributed by atoms with Crippen molar-refractivity contribution in [3.8, 4) is 0 Å². The van der Waals surface area contributed by atoms with Crippen LogP contribution in [0.4, 0.5) is 4.79 Å². The summed E-state index contributed by atoms with van der Waals surface area (Å²) in [7, 11) is 0. The maximum Gasteiger partial charge on any atom is 0.432 e. The van der Waals surface area contributed by atoms with Gasteiger partial charge >= 0.3 is 12.1 Å². The van der Waals surface area contributed by atoms with Crippen LogP contribution in [0.25, 0.3) is 0 Å². The number of aromatic carboxylic acids is 1. The molecular formula is C7H8N2O4. The average Bonchev–Trinajstić information content (AvgIpc) is 2.26. The van der Waals surface area contributed by atoms with Gasteiger partial charge in [0.2, 0.25) is 0 Å². The summed E-state index contributed by atoms with van der Waals surface area (Å²) < 4.78 is 0.652. The molecule has 2 N–H and O–H groups in total. The van der Waals surface area contributed by atoms with Gasteiger partial charge in [0, 0.05) is 0 Å². The van der Waals surface area contributed by atoms with Gasteiger partial charge < -0.3 is 10.2 Å². The van der Waals surface area contributed by atoms with Crippen molar-refractivity contribution in [2.75, 3.05) is 0 Å². The van der Waals surface area contributed by atoms with Crippen LogP contribution in [0.3, 0.4) is 0 Å². The third-order valence-electron chi connectivity index (χ3n) is 1.69. The number of hydrogen-bond acceptors (Lipinski definition) is 3. The Bertz CT molecular complexity index is 380. The van der Waals surface area contributed by atoms with Gasteiger partial charge in [0.15, 0.2) is 0 Å². The highest BCUT2D eigenvalue weighted by atomic mass is 16.4.